The standard InChI is InChI=1S/C9H10N2O2/c1-3-7-4-6(2)5-8(9(7)10)11(12)13/h3-5H,1,10H2,2H3. The van der Waals surface area contributed by atoms with Crippen LogP contribution < -0.4 is 5.73 Å². The highest BCUT2D eigenvalue weighted by molar-refractivity contribution is 5.73. The Morgan fingerprint density at radius 3 is 2.69 bits per heavy atom. The summed E-state index contributed by atoms with van der Waals surface area (Å²) < 4.78 is 0. The van der Waals surface area contributed by atoms with E-state index in [2.05, 4.69) is 6.58 Å². The van der Waals surface area contributed by atoms with Crippen LogP contribution in [0.3, 0.4) is 0 Å². The summed E-state index contributed by atoms with van der Waals surface area (Å²) in [5.41, 5.74) is 7.07. The molecule has 0 atom stereocenters. The van der Waals surface area contributed by atoms with Crippen molar-refractivity contribution in [1.82, 2.24) is 0 Å². The topological polar surface area (TPSA) is 69.2 Å². The molecule has 0 aromatic heterocycles. The van der Waals surface area contributed by atoms with E-state index in [4.69, 9.17) is 5.73 Å². The van der Waals surface area contributed by atoms with Gasteiger partial charge in [0.15, 0.2) is 0 Å². The van der Waals surface area contributed by atoms with Gasteiger partial charge in [0, 0.05) is 11.6 Å². The normalized spacial score (nSPS) is 9.62. The lowest BCUT2D eigenvalue weighted by molar-refractivity contribution is -0.383. The van der Waals surface area contributed by atoms with E-state index < -0.39 is 4.92 Å². The van der Waals surface area contributed by atoms with Gasteiger partial charge < -0.3 is 5.73 Å². The van der Waals surface area contributed by atoms with Crippen LogP contribution in [-0.4, -0.2) is 4.92 Å². The molecular weight excluding hydrogens is 168 g/mol. The van der Waals surface area contributed by atoms with Gasteiger partial charge in [0.1, 0.15) is 5.69 Å². The zero-order chi connectivity index (χ0) is 10.0. The quantitative estimate of drug-likeness (QED) is 0.428. The van der Waals surface area contributed by atoms with Crippen molar-refractivity contribution in [3.8, 4) is 0 Å². The molecular formula is C9H10N2O2. The number of nitrogen functional groups attached to an aromatic ring is 1. The molecule has 0 fully saturated rings. The Bertz CT molecular complexity index is 372. The third-order valence-corrected chi connectivity index (χ3v) is 1.75. The van der Waals surface area contributed by atoms with Crippen molar-refractivity contribution in [2.45, 2.75) is 6.92 Å². The molecule has 0 amide bonds. The summed E-state index contributed by atoms with van der Waals surface area (Å²) in [6.45, 7) is 5.31. The van der Waals surface area contributed by atoms with Crippen LogP contribution in [-0.2, 0) is 0 Å². The maximum absolute atomic E-state index is 10.5. The molecule has 4 heteroatoms. The van der Waals surface area contributed by atoms with Gasteiger partial charge in [-0.3, -0.25) is 10.1 Å². The first-order valence-corrected chi connectivity index (χ1v) is 3.73. The molecule has 0 aliphatic carbocycles. The van der Waals surface area contributed by atoms with Crippen molar-refractivity contribution in [1.29, 1.82) is 0 Å². The Morgan fingerprint density at radius 2 is 2.23 bits per heavy atom. The van der Waals surface area contributed by atoms with Crippen molar-refractivity contribution >= 4 is 17.5 Å². The van der Waals surface area contributed by atoms with Crippen LogP contribution in [0.1, 0.15) is 11.1 Å². The fourth-order valence-electron chi connectivity index (χ4n) is 1.13. The molecule has 0 bridgehead atoms. The molecule has 0 heterocycles. The molecule has 0 aliphatic rings. The molecule has 0 spiro atoms. The van der Waals surface area contributed by atoms with Crippen molar-refractivity contribution in [2.75, 3.05) is 5.73 Å². The van der Waals surface area contributed by atoms with Crippen LogP contribution in [0.25, 0.3) is 6.08 Å². The number of aryl methyl sites for hydroxylation is 1. The number of rotatable bonds is 2. The highest BCUT2D eigenvalue weighted by Gasteiger charge is 2.13. The average molecular weight is 178 g/mol. The Kier molecular flexibility index (Phi) is 2.32. The van der Waals surface area contributed by atoms with Crippen molar-refractivity contribution in [2.24, 2.45) is 0 Å². The molecule has 68 valence electrons. The second-order valence-electron chi connectivity index (χ2n) is 2.75. The van der Waals surface area contributed by atoms with Gasteiger partial charge in [-0.05, 0) is 18.6 Å². The summed E-state index contributed by atoms with van der Waals surface area (Å²) in [4.78, 5) is 10.0. The number of hydrogen-bond acceptors (Lipinski definition) is 3. The SMILES string of the molecule is C=Cc1cc(C)cc([N+](=O)[O-])c1N. The first-order valence-electron chi connectivity index (χ1n) is 3.73. The summed E-state index contributed by atoms with van der Waals surface area (Å²) in [7, 11) is 0. The molecule has 1 aromatic rings. The number of nitro groups is 1. The van der Waals surface area contributed by atoms with E-state index >= 15 is 0 Å². The van der Waals surface area contributed by atoms with Gasteiger partial charge in [0.25, 0.3) is 5.69 Å². The van der Waals surface area contributed by atoms with Crippen LogP contribution in [0.5, 0.6) is 0 Å². The first-order chi connectivity index (χ1) is 6.06. The predicted octanol–water partition coefficient (Wildman–Crippen LogP) is 2.13. The van der Waals surface area contributed by atoms with Crippen molar-refractivity contribution in [3.63, 3.8) is 0 Å². The van der Waals surface area contributed by atoms with Gasteiger partial charge in [-0.25, -0.2) is 0 Å². The molecule has 0 aliphatic heterocycles. The fraction of sp³-hybridized carbons (Fsp3) is 0.111. The van der Waals surface area contributed by atoms with Crippen LogP contribution in [0.2, 0.25) is 0 Å². The lowest BCUT2D eigenvalue weighted by Crippen LogP contribution is -1.98. The summed E-state index contributed by atoms with van der Waals surface area (Å²) in [6.07, 6.45) is 1.51. The highest BCUT2D eigenvalue weighted by atomic mass is 16.6. The minimum absolute atomic E-state index is 0.0603. The second kappa shape index (κ2) is 3.26. The lowest BCUT2D eigenvalue weighted by atomic mass is 10.1. The summed E-state index contributed by atoms with van der Waals surface area (Å²) in [5, 5.41) is 10.5. The van der Waals surface area contributed by atoms with Crippen LogP contribution in [0.4, 0.5) is 11.4 Å². The zero-order valence-corrected chi connectivity index (χ0v) is 7.28. The maximum Gasteiger partial charge on any atom is 0.292 e. The molecule has 4 nitrogen and oxygen atoms in total. The predicted molar refractivity (Wildman–Crippen MR) is 52.3 cm³/mol. The summed E-state index contributed by atoms with van der Waals surface area (Å²) in [5.74, 6) is 0. The number of nitrogens with two attached hydrogens (primary N) is 1. The van der Waals surface area contributed by atoms with Crippen molar-refractivity contribution < 1.29 is 4.92 Å². The maximum atomic E-state index is 10.5. The Balaban J connectivity index is 3.44. The molecule has 1 rings (SSSR count). The van der Waals surface area contributed by atoms with Gasteiger partial charge in [-0.15, -0.1) is 0 Å². The Hall–Kier alpha value is -1.84. The first kappa shape index (κ1) is 9.25. The number of nitro benzene ring substituents is 1. The van der Waals surface area contributed by atoms with Crippen molar-refractivity contribution in [3.05, 3.63) is 40.0 Å². The summed E-state index contributed by atoms with van der Waals surface area (Å²) >= 11 is 0. The molecule has 0 saturated carbocycles. The third kappa shape index (κ3) is 1.66. The van der Waals surface area contributed by atoms with Crippen LogP contribution in [0.15, 0.2) is 18.7 Å². The Morgan fingerprint density at radius 1 is 1.62 bits per heavy atom. The Labute approximate surface area is 75.8 Å². The number of hydrogen-bond donors (Lipinski definition) is 1. The lowest BCUT2D eigenvalue weighted by Gasteiger charge is -2.02. The van der Waals surface area contributed by atoms with Gasteiger partial charge in [0.2, 0.25) is 0 Å². The van der Waals surface area contributed by atoms with E-state index in [0.717, 1.165) is 5.56 Å². The highest BCUT2D eigenvalue weighted by Crippen LogP contribution is 2.27. The number of benzene rings is 1. The number of anilines is 1. The summed E-state index contributed by atoms with van der Waals surface area (Å²) in [6, 6.07) is 3.21. The van der Waals surface area contributed by atoms with E-state index in [9.17, 15) is 10.1 Å². The third-order valence-electron chi connectivity index (χ3n) is 1.75. The molecule has 13 heavy (non-hydrogen) atoms. The molecule has 0 unspecified atom stereocenters. The average Bonchev–Trinajstić information content (AvgIpc) is 2.08. The zero-order valence-electron chi connectivity index (χ0n) is 7.28. The fourth-order valence-corrected chi connectivity index (χ4v) is 1.13. The van der Waals surface area contributed by atoms with E-state index in [1.54, 1.807) is 13.0 Å². The van der Waals surface area contributed by atoms with Crippen LogP contribution >= 0.6 is 0 Å². The molecule has 1 aromatic carbocycles. The van der Waals surface area contributed by atoms with Gasteiger partial charge in [0.05, 0.1) is 4.92 Å². The minimum atomic E-state index is -0.491. The van der Waals surface area contributed by atoms with E-state index in [1.165, 1.54) is 12.1 Å². The van der Waals surface area contributed by atoms with Gasteiger partial charge in [-0.2, -0.15) is 0 Å². The van der Waals surface area contributed by atoms with Crippen LogP contribution in [0, 0.1) is 17.0 Å². The minimum Gasteiger partial charge on any atom is -0.393 e. The second-order valence-corrected chi connectivity index (χ2v) is 2.75. The smallest absolute Gasteiger partial charge is 0.292 e. The van der Waals surface area contributed by atoms with E-state index in [0.29, 0.717) is 5.56 Å². The van der Waals surface area contributed by atoms with E-state index in [-0.39, 0.29) is 11.4 Å². The largest absolute Gasteiger partial charge is 0.393 e. The van der Waals surface area contributed by atoms with Gasteiger partial charge >= 0.3 is 0 Å². The molecule has 2 N–H and O–H groups in total. The van der Waals surface area contributed by atoms with Gasteiger partial charge in [-0.1, -0.05) is 12.7 Å². The molecule has 0 radical (unpaired) electrons. The van der Waals surface area contributed by atoms with E-state index in [1.807, 2.05) is 0 Å². The monoisotopic (exact) mass is 178 g/mol. The molecule has 0 saturated heterocycles. The number of nitrogens with zero attached hydrogens (tertiary/aromatic N) is 1.